The minimum atomic E-state index is -5.45. The van der Waals surface area contributed by atoms with E-state index in [4.69, 9.17) is 0 Å². The fourth-order valence-corrected chi connectivity index (χ4v) is 11.7. The van der Waals surface area contributed by atoms with Crippen molar-refractivity contribution in [3.8, 4) is 17.2 Å². The van der Waals surface area contributed by atoms with Gasteiger partial charge in [-0.05, 0) is 101 Å². The molecule has 1 radical (unpaired) electrons. The van der Waals surface area contributed by atoms with E-state index in [-0.39, 0.29) is 231 Å². The summed E-state index contributed by atoms with van der Waals surface area (Å²) in [5.41, 5.74) is -2.22. The Bertz CT molecular complexity index is 5020. The first-order valence-electron chi connectivity index (χ1n) is 22.4. The third kappa shape index (κ3) is 16.4. The van der Waals surface area contributed by atoms with Crippen molar-refractivity contribution in [2.75, 3.05) is 5.32 Å². The van der Waals surface area contributed by atoms with E-state index in [0.717, 1.165) is 77.6 Å². The van der Waals surface area contributed by atoms with Crippen molar-refractivity contribution < 1.29 is 240 Å². The summed E-state index contributed by atoms with van der Waals surface area (Å²) < 4.78 is 186. The molecule has 10 aromatic rings. The third-order valence-electron chi connectivity index (χ3n) is 12.0. The van der Waals surface area contributed by atoms with E-state index in [2.05, 4.69) is 36.0 Å². The molecule has 25 nitrogen and oxygen atoms in total. The molecular weight excluding hydrogens is 1320 g/mol. The summed E-state index contributed by atoms with van der Waals surface area (Å²) in [5, 5.41) is 54.1. The zero-order chi connectivity index (χ0) is 57.3. The van der Waals surface area contributed by atoms with Crippen LogP contribution in [0.15, 0.2) is 191 Å². The molecule has 415 valence electrons. The zero-order valence-electron chi connectivity index (χ0n) is 44.9. The van der Waals surface area contributed by atoms with Crippen LogP contribution in [-0.2, 0) is 67.7 Å². The average molecular weight is 1350 g/mol. The molecule has 0 aliphatic rings. The van der Waals surface area contributed by atoms with E-state index < -0.39 is 104 Å². The van der Waals surface area contributed by atoms with Crippen LogP contribution in [0.3, 0.4) is 0 Å². The van der Waals surface area contributed by atoms with Gasteiger partial charge in [0.2, 0.25) is 0 Å². The number of fused-ring (bicyclic) bond motifs is 5. The molecule has 0 atom stereocenters. The molecule has 0 saturated heterocycles. The van der Waals surface area contributed by atoms with Crippen LogP contribution >= 0.6 is 0 Å². The molecule has 0 unspecified atom stereocenters. The van der Waals surface area contributed by atoms with E-state index in [0.29, 0.717) is 17.4 Å². The smallest absolute Gasteiger partial charge is 0.871 e. The van der Waals surface area contributed by atoms with Crippen LogP contribution in [0.2, 0.25) is 0 Å². The Morgan fingerprint density at radius 3 is 1.63 bits per heavy atom. The summed E-state index contributed by atoms with van der Waals surface area (Å²) in [6.07, 6.45) is 1.97. The minimum absolute atomic E-state index is 0. The fraction of sp³-hybridized carbons (Fsp3) is 0. The molecule has 10 rings (SSSR count). The first-order chi connectivity index (χ1) is 37.6. The quantitative estimate of drug-likeness (QED) is 0.0457. The van der Waals surface area contributed by atoms with Gasteiger partial charge in [-0.15, -0.1) is 20.4 Å². The molecule has 0 amide bonds. The number of anilines is 2. The molecule has 0 aliphatic heterocycles. The van der Waals surface area contributed by atoms with Crippen LogP contribution in [0.4, 0.5) is 34.1 Å². The van der Waals surface area contributed by atoms with Gasteiger partial charge in [-0.25, -0.2) is 42.1 Å². The monoisotopic (exact) mass is 1350 g/mol. The standard InChI is InChI=1S/C50H34N8O17S5.Cu.5Na/c59-42-25-40(39-24-34(76(61,62)63)17-19-38(39)48(42)54-55-49-46(80(73,74)75)21-29-20-31(15-18-35(29)50(49)60)51-30-6-2-1-3-7-30)53-52-32-14-12-27(43(22-32)77(64,65)66)10-11-28-13-16-33(23-44(28)78(67,68)69)58-56-41-26-45(79(70,71)72)36-8-4-5-9-37(36)47(41)57-58;;;;;;/h1-26,51,59-60H,(H,61,62,63)(H,64,65,66)(H,67,68,69)(H,70,71,72)(H,73,74,75);;;;;;/q;+2;5*+1/p-7. The summed E-state index contributed by atoms with van der Waals surface area (Å²) in [7, 11) is -26.4. The average Bonchev–Trinajstić information content (AvgIpc) is 3.84. The van der Waals surface area contributed by atoms with E-state index >= 15 is 0 Å². The van der Waals surface area contributed by atoms with Crippen LogP contribution in [0.5, 0.6) is 11.5 Å². The van der Waals surface area contributed by atoms with Crippen molar-refractivity contribution in [2.24, 2.45) is 20.5 Å². The second-order valence-electron chi connectivity index (χ2n) is 17.2. The van der Waals surface area contributed by atoms with E-state index in [1.54, 1.807) is 36.4 Å². The second-order valence-corrected chi connectivity index (χ2v) is 23.9. The van der Waals surface area contributed by atoms with Crippen molar-refractivity contribution in [3.05, 3.63) is 157 Å². The van der Waals surface area contributed by atoms with Gasteiger partial charge in [-0.1, -0.05) is 90.4 Å². The molecule has 0 spiro atoms. The third-order valence-corrected chi connectivity index (χ3v) is 16.4. The number of hydrogen-bond donors (Lipinski definition) is 1. The Kier molecular flexibility index (Phi) is 25.5. The summed E-state index contributed by atoms with van der Waals surface area (Å²) in [6.45, 7) is 0. The fourth-order valence-electron chi connectivity index (χ4n) is 8.44. The van der Waals surface area contributed by atoms with Crippen LogP contribution in [0, 0.1) is 0 Å². The van der Waals surface area contributed by atoms with Gasteiger partial charge in [0.25, 0.3) is 0 Å². The topological polar surface area (TPSA) is 424 Å². The molecule has 0 saturated carbocycles. The first-order valence-corrected chi connectivity index (χ1v) is 29.4. The molecule has 1 heterocycles. The van der Waals surface area contributed by atoms with Crippen LogP contribution in [-0.4, -0.2) is 79.8 Å². The number of para-hydroxylation sites is 1. The van der Waals surface area contributed by atoms with Gasteiger partial charge < -0.3 is 38.3 Å². The predicted molar refractivity (Wildman–Crippen MR) is 276 cm³/mol. The van der Waals surface area contributed by atoms with Crippen LogP contribution in [0.25, 0.3) is 61.2 Å². The molecule has 36 heteroatoms. The number of aromatic nitrogens is 3. The molecule has 0 fully saturated rings. The van der Waals surface area contributed by atoms with Crippen molar-refractivity contribution >= 4 is 140 Å². The minimum Gasteiger partial charge on any atom is -0.871 e. The molecule has 86 heavy (non-hydrogen) atoms. The maximum atomic E-state index is 13.8. The summed E-state index contributed by atoms with van der Waals surface area (Å²) >= 11 is 0. The number of benzene rings is 9. The van der Waals surface area contributed by atoms with E-state index in [9.17, 15) is 75.1 Å². The van der Waals surface area contributed by atoms with Crippen molar-refractivity contribution in [3.63, 3.8) is 0 Å². The Hall–Kier alpha value is -3.43. The van der Waals surface area contributed by atoms with Crippen LogP contribution in [0.1, 0.15) is 11.1 Å². The Balaban J connectivity index is 0.00000264. The normalized spacial score (nSPS) is 12.1. The number of azo groups is 2. The molecule has 1 N–H and O–H groups in total. The Labute approximate surface area is 610 Å². The number of hydrogen-bond acceptors (Lipinski definition) is 24. The molecule has 1 aromatic heterocycles. The zero-order valence-corrected chi connectivity index (χ0v) is 59.9. The predicted octanol–water partition coefficient (Wildman–Crippen LogP) is -7.69. The maximum absolute atomic E-state index is 13.8. The van der Waals surface area contributed by atoms with Gasteiger partial charge in [0, 0.05) is 32.9 Å². The van der Waals surface area contributed by atoms with Gasteiger partial charge >= 0.3 is 165 Å². The Morgan fingerprint density at radius 1 is 0.442 bits per heavy atom. The maximum Gasteiger partial charge on any atom is 2.00 e. The van der Waals surface area contributed by atoms with Gasteiger partial charge in [-0.3, -0.25) is 0 Å². The van der Waals surface area contributed by atoms with Gasteiger partial charge in [-0.2, -0.15) is 15.0 Å². The summed E-state index contributed by atoms with van der Waals surface area (Å²) in [6, 6.07) is 30.2. The molecule has 9 aromatic carbocycles. The number of rotatable bonds is 14. The van der Waals surface area contributed by atoms with Gasteiger partial charge in [0.1, 0.15) is 61.6 Å². The van der Waals surface area contributed by atoms with Crippen molar-refractivity contribution in [2.45, 2.75) is 24.5 Å². The van der Waals surface area contributed by atoms with Crippen LogP contribution < -0.4 is 163 Å². The largest absolute Gasteiger partial charge is 2.00 e. The van der Waals surface area contributed by atoms with E-state index in [1.807, 2.05) is 0 Å². The summed E-state index contributed by atoms with van der Waals surface area (Å²) in [5.74, 6) is -2.14. The van der Waals surface area contributed by atoms with Gasteiger partial charge in [0.15, 0.2) is 0 Å². The SMILES string of the molecule is O=S(=O)([O-])c1ccc2c(N=Nc3c(S(=O)(=O)[O-])cc4cc(Nc5ccccc5)ccc4c3[O-])c([O-])cc(N=Nc3ccc(C=Cc4ccc(-n5nc6cc(S(=O)(=O)[O-])c7ccccc7c6n5)cc4S(=O)(=O)[O-])c(S(=O)(=O)[O-])c3)c2c1.[Cu+2].[Na+].[Na+].[Na+].[Na+].[Na+]. The van der Waals surface area contributed by atoms with Crippen molar-refractivity contribution in [1.29, 1.82) is 0 Å². The Morgan fingerprint density at radius 2 is 1.01 bits per heavy atom. The van der Waals surface area contributed by atoms with Gasteiger partial charge in [0.05, 0.1) is 52.9 Å². The number of nitrogens with one attached hydrogen (secondary N) is 1. The molecule has 0 aliphatic carbocycles. The number of nitrogens with zero attached hydrogens (tertiary/aromatic N) is 7. The second kappa shape index (κ2) is 29.2. The summed E-state index contributed by atoms with van der Waals surface area (Å²) in [4.78, 5) is -3.49. The van der Waals surface area contributed by atoms with Crippen molar-refractivity contribution in [1.82, 2.24) is 15.0 Å². The molecule has 0 bridgehead atoms. The molecular formula is C50H27CuN8Na5O17S5. The van der Waals surface area contributed by atoms with E-state index in [1.165, 1.54) is 42.5 Å². The first kappa shape index (κ1) is 75.0.